The summed E-state index contributed by atoms with van der Waals surface area (Å²) in [7, 11) is -0.716. The van der Waals surface area contributed by atoms with Crippen LogP contribution < -0.4 is 9.47 Å². The smallest absolute Gasteiger partial charge is 0.243 e. The maximum absolute atomic E-state index is 13.5. The van der Waals surface area contributed by atoms with Crippen molar-refractivity contribution >= 4 is 10.0 Å². The summed E-state index contributed by atoms with van der Waals surface area (Å²) in [6.45, 7) is 0.667. The number of benzene rings is 3. The Balaban J connectivity index is 1.92. The molecular formula is C23H25NO4S. The molecule has 0 aliphatic rings. The van der Waals surface area contributed by atoms with Crippen molar-refractivity contribution < 1.29 is 17.9 Å². The lowest BCUT2D eigenvalue weighted by Gasteiger charge is -2.23. The second kappa shape index (κ2) is 9.58. The zero-order chi connectivity index (χ0) is 20.7. The van der Waals surface area contributed by atoms with E-state index < -0.39 is 10.0 Å². The van der Waals surface area contributed by atoms with Gasteiger partial charge >= 0.3 is 0 Å². The van der Waals surface area contributed by atoms with Crippen LogP contribution in [-0.4, -0.2) is 33.5 Å². The number of methoxy groups -OCH3 is 2. The van der Waals surface area contributed by atoms with Gasteiger partial charge in [-0.1, -0.05) is 60.7 Å². The van der Waals surface area contributed by atoms with Crippen molar-refractivity contribution in [1.29, 1.82) is 0 Å². The molecule has 0 unspecified atom stereocenters. The quantitative estimate of drug-likeness (QED) is 0.531. The van der Waals surface area contributed by atoms with Crippen LogP contribution in [0.4, 0.5) is 0 Å². The first-order chi connectivity index (χ1) is 14.0. The second-order valence-electron chi connectivity index (χ2n) is 6.58. The highest BCUT2D eigenvalue weighted by Crippen LogP contribution is 2.31. The fourth-order valence-electron chi connectivity index (χ4n) is 3.10. The van der Waals surface area contributed by atoms with Crippen molar-refractivity contribution in [1.82, 2.24) is 4.31 Å². The molecule has 0 fully saturated rings. The Morgan fingerprint density at radius 2 is 1.34 bits per heavy atom. The lowest BCUT2D eigenvalue weighted by molar-refractivity contribution is 0.353. The number of hydrogen-bond donors (Lipinski definition) is 0. The molecule has 0 aliphatic carbocycles. The van der Waals surface area contributed by atoms with Gasteiger partial charge in [0.2, 0.25) is 10.0 Å². The Morgan fingerprint density at radius 3 is 1.93 bits per heavy atom. The molecule has 0 saturated heterocycles. The second-order valence-corrected chi connectivity index (χ2v) is 8.51. The predicted octanol–water partition coefficient (Wildman–Crippen LogP) is 4.14. The SMILES string of the molecule is COc1ccc(S(=O)(=O)N(CCc2ccccc2)Cc2ccccc2)cc1OC. The zero-order valence-electron chi connectivity index (χ0n) is 16.6. The molecule has 5 nitrogen and oxygen atoms in total. The van der Waals surface area contributed by atoms with Gasteiger partial charge in [-0.3, -0.25) is 0 Å². The molecule has 3 rings (SSSR count). The molecule has 0 atom stereocenters. The predicted molar refractivity (Wildman–Crippen MR) is 114 cm³/mol. The summed E-state index contributed by atoms with van der Waals surface area (Å²) in [4.78, 5) is 0.180. The molecule has 0 amide bonds. The van der Waals surface area contributed by atoms with E-state index in [0.29, 0.717) is 31.0 Å². The van der Waals surface area contributed by atoms with E-state index in [1.54, 1.807) is 12.1 Å². The van der Waals surface area contributed by atoms with Crippen LogP contribution in [0.2, 0.25) is 0 Å². The number of sulfonamides is 1. The van der Waals surface area contributed by atoms with Gasteiger partial charge in [0.25, 0.3) is 0 Å². The average Bonchev–Trinajstić information content (AvgIpc) is 2.77. The van der Waals surface area contributed by atoms with Crippen LogP contribution in [0.3, 0.4) is 0 Å². The molecule has 0 radical (unpaired) electrons. The van der Waals surface area contributed by atoms with Gasteiger partial charge in [0.15, 0.2) is 11.5 Å². The van der Waals surface area contributed by atoms with E-state index in [2.05, 4.69) is 0 Å². The maximum atomic E-state index is 13.5. The Bertz CT molecular complexity index is 1020. The van der Waals surface area contributed by atoms with E-state index in [4.69, 9.17) is 9.47 Å². The summed E-state index contributed by atoms with van der Waals surface area (Å²) in [6, 6.07) is 24.1. The number of ether oxygens (including phenoxy) is 2. The molecule has 0 heterocycles. The summed E-state index contributed by atoms with van der Waals surface area (Å²) >= 11 is 0. The third-order valence-electron chi connectivity index (χ3n) is 4.69. The van der Waals surface area contributed by atoms with E-state index in [1.165, 1.54) is 24.6 Å². The molecule has 0 aliphatic heterocycles. The molecule has 3 aromatic carbocycles. The van der Waals surface area contributed by atoms with Crippen LogP contribution in [0.15, 0.2) is 83.8 Å². The molecule has 0 bridgehead atoms. The van der Waals surface area contributed by atoms with Crippen LogP contribution in [0.5, 0.6) is 11.5 Å². The van der Waals surface area contributed by atoms with E-state index in [0.717, 1.165) is 11.1 Å². The highest BCUT2D eigenvalue weighted by atomic mass is 32.2. The summed E-state index contributed by atoms with van der Waals surface area (Å²) in [5.41, 5.74) is 2.03. The summed E-state index contributed by atoms with van der Waals surface area (Å²) in [5.74, 6) is 0.877. The van der Waals surface area contributed by atoms with Gasteiger partial charge in [-0.2, -0.15) is 4.31 Å². The average molecular weight is 412 g/mol. The first kappa shape index (κ1) is 20.9. The zero-order valence-corrected chi connectivity index (χ0v) is 17.4. The van der Waals surface area contributed by atoms with E-state index in [1.807, 2.05) is 60.7 Å². The summed E-state index contributed by atoms with van der Waals surface area (Å²) in [5, 5.41) is 0. The van der Waals surface area contributed by atoms with E-state index in [-0.39, 0.29) is 4.90 Å². The van der Waals surface area contributed by atoms with Crippen LogP contribution >= 0.6 is 0 Å². The third kappa shape index (κ3) is 5.16. The molecule has 152 valence electrons. The van der Waals surface area contributed by atoms with E-state index in [9.17, 15) is 8.42 Å². The third-order valence-corrected chi connectivity index (χ3v) is 6.53. The van der Waals surface area contributed by atoms with Gasteiger partial charge in [0.1, 0.15) is 0 Å². The Labute approximate surface area is 172 Å². The van der Waals surface area contributed by atoms with Crippen molar-refractivity contribution in [3.05, 3.63) is 90.0 Å². The molecular weight excluding hydrogens is 386 g/mol. The highest BCUT2D eigenvalue weighted by Gasteiger charge is 2.26. The van der Waals surface area contributed by atoms with Crippen molar-refractivity contribution in [2.75, 3.05) is 20.8 Å². The van der Waals surface area contributed by atoms with Crippen LogP contribution in [0, 0.1) is 0 Å². The largest absolute Gasteiger partial charge is 0.493 e. The van der Waals surface area contributed by atoms with Crippen LogP contribution in [0.25, 0.3) is 0 Å². The fraction of sp³-hybridized carbons (Fsp3) is 0.217. The minimum absolute atomic E-state index is 0.180. The minimum atomic E-state index is -3.73. The Kier molecular flexibility index (Phi) is 6.90. The Hall–Kier alpha value is -2.83. The van der Waals surface area contributed by atoms with Crippen molar-refractivity contribution in [3.8, 4) is 11.5 Å². The maximum Gasteiger partial charge on any atom is 0.243 e. The van der Waals surface area contributed by atoms with Crippen molar-refractivity contribution in [2.45, 2.75) is 17.9 Å². The minimum Gasteiger partial charge on any atom is -0.493 e. The van der Waals surface area contributed by atoms with Crippen molar-refractivity contribution in [2.24, 2.45) is 0 Å². The van der Waals surface area contributed by atoms with Gasteiger partial charge < -0.3 is 9.47 Å². The van der Waals surface area contributed by atoms with Gasteiger partial charge in [-0.15, -0.1) is 0 Å². The normalized spacial score (nSPS) is 11.4. The molecule has 0 spiro atoms. The molecule has 29 heavy (non-hydrogen) atoms. The standard InChI is InChI=1S/C23H25NO4S/c1-27-22-14-13-21(17-23(22)28-2)29(25,26)24(18-20-11-7-4-8-12-20)16-15-19-9-5-3-6-10-19/h3-14,17H,15-16,18H2,1-2H3. The monoisotopic (exact) mass is 411 g/mol. The van der Waals surface area contributed by atoms with E-state index >= 15 is 0 Å². The van der Waals surface area contributed by atoms with Crippen LogP contribution in [0.1, 0.15) is 11.1 Å². The molecule has 0 N–H and O–H groups in total. The Morgan fingerprint density at radius 1 is 0.759 bits per heavy atom. The van der Waals surface area contributed by atoms with Gasteiger partial charge in [-0.25, -0.2) is 8.42 Å². The molecule has 6 heteroatoms. The van der Waals surface area contributed by atoms with Gasteiger partial charge in [-0.05, 0) is 29.7 Å². The molecule has 0 aromatic heterocycles. The number of hydrogen-bond acceptors (Lipinski definition) is 4. The summed E-state index contributed by atoms with van der Waals surface area (Å²) < 4.78 is 38.9. The van der Waals surface area contributed by atoms with Crippen LogP contribution in [-0.2, 0) is 23.0 Å². The first-order valence-corrected chi connectivity index (χ1v) is 10.8. The molecule has 3 aromatic rings. The summed E-state index contributed by atoms with van der Waals surface area (Å²) in [6.07, 6.45) is 0.625. The van der Waals surface area contributed by atoms with Crippen molar-refractivity contribution in [3.63, 3.8) is 0 Å². The lowest BCUT2D eigenvalue weighted by atomic mass is 10.1. The topological polar surface area (TPSA) is 55.8 Å². The lowest BCUT2D eigenvalue weighted by Crippen LogP contribution is -2.32. The highest BCUT2D eigenvalue weighted by molar-refractivity contribution is 7.89. The fourth-order valence-corrected chi connectivity index (χ4v) is 4.54. The van der Waals surface area contributed by atoms with Gasteiger partial charge in [0, 0.05) is 19.2 Å². The number of nitrogens with zero attached hydrogens (tertiary/aromatic N) is 1. The molecule has 0 saturated carbocycles. The first-order valence-electron chi connectivity index (χ1n) is 9.34. The van der Waals surface area contributed by atoms with Gasteiger partial charge in [0.05, 0.1) is 19.1 Å². The number of rotatable bonds is 9.